The largest absolute Gasteiger partial charge is 0.497 e. The summed E-state index contributed by atoms with van der Waals surface area (Å²) in [6.07, 6.45) is 0.240. The fourth-order valence-electron chi connectivity index (χ4n) is 4.55. The second kappa shape index (κ2) is 11.3. The Labute approximate surface area is 210 Å². The molecule has 0 saturated carbocycles. The van der Waals surface area contributed by atoms with Gasteiger partial charge in [0, 0.05) is 45.5 Å². The van der Waals surface area contributed by atoms with Crippen molar-refractivity contribution in [2.45, 2.75) is 19.4 Å². The highest BCUT2D eigenvalue weighted by Gasteiger charge is 2.41. The number of hydrogen-bond acceptors (Lipinski definition) is 9. The Bertz CT molecular complexity index is 1040. The van der Waals surface area contributed by atoms with E-state index in [1.165, 1.54) is 18.9 Å². The topological polar surface area (TPSA) is 83.9 Å². The SMILES string of the molecule is COCCN1CCN(C(=O)CC2=CSC3=NC(C)=C(C(=O)OC)C(c4ccc(OC)cc4)N23)CC1. The van der Waals surface area contributed by atoms with Crippen molar-refractivity contribution in [2.24, 2.45) is 4.99 Å². The normalized spacial score (nSPS) is 20.4. The summed E-state index contributed by atoms with van der Waals surface area (Å²) in [5, 5.41) is 2.72. The summed E-state index contributed by atoms with van der Waals surface area (Å²) in [5.41, 5.74) is 2.81. The minimum absolute atomic E-state index is 0.0730. The van der Waals surface area contributed by atoms with E-state index in [1.807, 2.05) is 46.4 Å². The first-order valence-electron chi connectivity index (χ1n) is 11.6. The number of ether oxygens (including phenoxy) is 3. The number of aliphatic imine (C=N–C) groups is 1. The van der Waals surface area contributed by atoms with E-state index in [2.05, 4.69) is 9.89 Å². The number of piperazine rings is 1. The summed E-state index contributed by atoms with van der Waals surface area (Å²) in [5.74, 6) is 0.370. The molecule has 188 valence electrons. The van der Waals surface area contributed by atoms with E-state index >= 15 is 0 Å². The van der Waals surface area contributed by atoms with E-state index in [0.717, 1.165) is 41.8 Å². The van der Waals surface area contributed by atoms with Crippen LogP contribution in [0.1, 0.15) is 24.9 Å². The molecule has 1 aromatic rings. The molecule has 0 aliphatic carbocycles. The molecule has 1 aromatic carbocycles. The minimum atomic E-state index is -0.444. The Balaban J connectivity index is 1.55. The number of fused-ring (bicyclic) bond motifs is 1. The third kappa shape index (κ3) is 5.39. The van der Waals surface area contributed by atoms with E-state index in [-0.39, 0.29) is 12.3 Å². The van der Waals surface area contributed by atoms with Gasteiger partial charge in [-0.1, -0.05) is 23.9 Å². The molecule has 1 fully saturated rings. The molecule has 0 spiro atoms. The fraction of sp³-hybridized carbons (Fsp3) is 0.480. The van der Waals surface area contributed by atoms with Gasteiger partial charge >= 0.3 is 5.97 Å². The third-order valence-electron chi connectivity index (χ3n) is 6.51. The summed E-state index contributed by atoms with van der Waals surface area (Å²) in [6, 6.07) is 7.16. The van der Waals surface area contributed by atoms with Gasteiger partial charge in [0.1, 0.15) is 5.75 Å². The zero-order chi connectivity index (χ0) is 24.9. The molecule has 1 saturated heterocycles. The number of carbonyl (C=O) groups excluding carboxylic acids is 2. The highest BCUT2D eigenvalue weighted by Crippen LogP contribution is 2.45. The Morgan fingerprint density at radius 3 is 2.43 bits per heavy atom. The molecule has 0 radical (unpaired) electrons. The van der Waals surface area contributed by atoms with Crippen molar-refractivity contribution < 1.29 is 23.8 Å². The maximum absolute atomic E-state index is 13.3. The monoisotopic (exact) mass is 500 g/mol. The Morgan fingerprint density at radius 1 is 1.09 bits per heavy atom. The number of hydrogen-bond donors (Lipinski definition) is 0. The number of nitrogens with zero attached hydrogens (tertiary/aromatic N) is 4. The summed E-state index contributed by atoms with van der Waals surface area (Å²) >= 11 is 1.47. The zero-order valence-electron chi connectivity index (χ0n) is 20.7. The Kier molecular flexibility index (Phi) is 8.15. The molecule has 1 atom stereocenters. The number of amidine groups is 1. The summed E-state index contributed by atoms with van der Waals surface area (Å²) < 4.78 is 15.6. The summed E-state index contributed by atoms with van der Waals surface area (Å²) in [6.45, 7) is 6.44. The van der Waals surface area contributed by atoms with Gasteiger partial charge < -0.3 is 24.0 Å². The summed E-state index contributed by atoms with van der Waals surface area (Å²) in [7, 11) is 4.69. The van der Waals surface area contributed by atoms with Crippen LogP contribution in [-0.4, -0.2) is 92.4 Å². The average molecular weight is 501 g/mol. The first-order chi connectivity index (χ1) is 17.0. The van der Waals surface area contributed by atoms with Crippen molar-refractivity contribution in [1.29, 1.82) is 0 Å². The van der Waals surface area contributed by atoms with E-state index in [4.69, 9.17) is 14.2 Å². The second-order valence-corrected chi connectivity index (χ2v) is 9.39. The fourth-order valence-corrected chi connectivity index (χ4v) is 5.51. The minimum Gasteiger partial charge on any atom is -0.497 e. The van der Waals surface area contributed by atoms with Crippen LogP contribution >= 0.6 is 11.8 Å². The molecule has 9 nitrogen and oxygen atoms in total. The molecule has 3 aliphatic rings. The van der Waals surface area contributed by atoms with E-state index in [1.54, 1.807) is 14.2 Å². The molecular weight excluding hydrogens is 468 g/mol. The zero-order valence-corrected chi connectivity index (χ0v) is 21.5. The van der Waals surface area contributed by atoms with Gasteiger partial charge in [-0.25, -0.2) is 9.79 Å². The number of esters is 1. The van der Waals surface area contributed by atoms with Crippen molar-refractivity contribution >= 4 is 28.8 Å². The molecule has 4 rings (SSSR count). The third-order valence-corrected chi connectivity index (χ3v) is 7.40. The van der Waals surface area contributed by atoms with Crippen LogP contribution in [0.5, 0.6) is 5.75 Å². The first kappa shape index (κ1) is 25.3. The van der Waals surface area contributed by atoms with Crippen LogP contribution in [0, 0.1) is 0 Å². The highest BCUT2D eigenvalue weighted by atomic mass is 32.2. The Hall–Kier alpha value is -2.82. The average Bonchev–Trinajstić information content (AvgIpc) is 3.28. The lowest BCUT2D eigenvalue weighted by atomic mass is 9.93. The molecule has 35 heavy (non-hydrogen) atoms. The molecule has 0 aromatic heterocycles. The van der Waals surface area contributed by atoms with Crippen LogP contribution in [0.4, 0.5) is 0 Å². The van der Waals surface area contributed by atoms with Gasteiger partial charge in [0.05, 0.1) is 44.6 Å². The van der Waals surface area contributed by atoms with Crippen LogP contribution in [0.2, 0.25) is 0 Å². The van der Waals surface area contributed by atoms with Crippen LogP contribution in [0.15, 0.2) is 51.6 Å². The van der Waals surface area contributed by atoms with Gasteiger partial charge in [-0.05, 0) is 30.0 Å². The van der Waals surface area contributed by atoms with E-state index in [9.17, 15) is 9.59 Å². The molecule has 10 heteroatoms. The van der Waals surface area contributed by atoms with Crippen LogP contribution < -0.4 is 4.74 Å². The second-order valence-electron chi connectivity index (χ2n) is 8.55. The molecule has 1 amide bonds. The van der Waals surface area contributed by atoms with Gasteiger partial charge in [0.15, 0.2) is 5.17 Å². The van der Waals surface area contributed by atoms with Crippen molar-refractivity contribution in [3.8, 4) is 5.75 Å². The quantitative estimate of drug-likeness (QED) is 0.504. The maximum Gasteiger partial charge on any atom is 0.338 e. The van der Waals surface area contributed by atoms with Crippen molar-refractivity contribution in [3.05, 3.63) is 52.2 Å². The van der Waals surface area contributed by atoms with Crippen molar-refractivity contribution in [3.63, 3.8) is 0 Å². The summed E-state index contributed by atoms with van der Waals surface area (Å²) in [4.78, 5) is 37.0. The lowest BCUT2D eigenvalue weighted by Crippen LogP contribution is -2.49. The number of benzene rings is 1. The van der Waals surface area contributed by atoms with Gasteiger partial charge in [-0.15, -0.1) is 0 Å². The highest BCUT2D eigenvalue weighted by molar-refractivity contribution is 8.16. The van der Waals surface area contributed by atoms with Crippen LogP contribution in [0.25, 0.3) is 0 Å². The first-order valence-corrected chi connectivity index (χ1v) is 12.5. The molecular formula is C25H32N4O5S. The van der Waals surface area contributed by atoms with Crippen molar-refractivity contribution in [2.75, 3.05) is 60.7 Å². The van der Waals surface area contributed by atoms with Gasteiger partial charge in [0.2, 0.25) is 5.91 Å². The lowest BCUT2D eigenvalue weighted by molar-refractivity contribution is -0.136. The number of rotatable bonds is 8. The van der Waals surface area contributed by atoms with Gasteiger partial charge in [-0.2, -0.15) is 0 Å². The standard InChI is InChI=1S/C25H32N4O5S/c1-17-22(24(31)34-4)23(18-5-7-20(33-3)8-6-18)29-19(16-35-25(29)26-17)15-21(30)28-11-9-27(10-12-28)13-14-32-2/h5-8,16,23H,9-15H2,1-4H3. The number of methoxy groups -OCH3 is 3. The van der Waals surface area contributed by atoms with Crippen LogP contribution in [0.3, 0.4) is 0 Å². The number of allylic oxidation sites excluding steroid dienone is 1. The number of thioether (sulfide) groups is 1. The number of carbonyl (C=O) groups is 2. The molecule has 0 N–H and O–H groups in total. The lowest BCUT2D eigenvalue weighted by Gasteiger charge is -2.37. The van der Waals surface area contributed by atoms with Crippen LogP contribution in [-0.2, 0) is 19.1 Å². The Morgan fingerprint density at radius 2 is 1.80 bits per heavy atom. The van der Waals surface area contributed by atoms with E-state index < -0.39 is 12.0 Å². The predicted octanol–water partition coefficient (Wildman–Crippen LogP) is 2.62. The van der Waals surface area contributed by atoms with Gasteiger partial charge in [0.25, 0.3) is 0 Å². The predicted molar refractivity (Wildman–Crippen MR) is 135 cm³/mol. The number of amides is 1. The molecule has 3 heterocycles. The van der Waals surface area contributed by atoms with Gasteiger partial charge in [-0.3, -0.25) is 9.69 Å². The molecule has 3 aliphatic heterocycles. The maximum atomic E-state index is 13.3. The molecule has 0 bridgehead atoms. The van der Waals surface area contributed by atoms with Crippen molar-refractivity contribution in [1.82, 2.24) is 14.7 Å². The molecule has 1 unspecified atom stereocenters. The smallest absolute Gasteiger partial charge is 0.338 e. The van der Waals surface area contributed by atoms with E-state index in [0.29, 0.717) is 31.0 Å².